The number of benzene rings is 2. The summed E-state index contributed by atoms with van der Waals surface area (Å²) >= 11 is 0. The minimum absolute atomic E-state index is 0.265. The van der Waals surface area contributed by atoms with Crippen LogP contribution in [0.4, 0.5) is 5.69 Å². The van der Waals surface area contributed by atoms with E-state index in [1.165, 1.54) is 0 Å². The van der Waals surface area contributed by atoms with Crippen LogP contribution in [0.15, 0.2) is 42.5 Å². The molecule has 0 unspecified atom stereocenters. The number of esters is 1. The van der Waals surface area contributed by atoms with Gasteiger partial charge in [-0.2, -0.15) is 0 Å². The highest BCUT2D eigenvalue weighted by molar-refractivity contribution is 5.96. The quantitative estimate of drug-likeness (QED) is 0.716. The van der Waals surface area contributed by atoms with E-state index in [1.807, 2.05) is 18.2 Å². The van der Waals surface area contributed by atoms with Crippen LogP contribution in [0.3, 0.4) is 0 Å². The molecule has 2 rings (SSSR count). The standard InChI is InChI=1S/C22H27NO4/c1-14(2)18-7-6-8-19(15(3)4)21(18)23-20(24)13-27-22(25)16-9-11-17(26-5)12-10-16/h6-12,14-15H,13H2,1-5H3,(H,23,24). The predicted octanol–water partition coefficient (Wildman–Crippen LogP) is 4.74. The number of carbonyl (C=O) groups excluding carboxylic acids is 2. The van der Waals surface area contributed by atoms with Crippen molar-refractivity contribution in [3.05, 3.63) is 59.2 Å². The van der Waals surface area contributed by atoms with E-state index in [0.717, 1.165) is 16.8 Å². The first kappa shape index (κ1) is 20.5. The van der Waals surface area contributed by atoms with E-state index < -0.39 is 5.97 Å². The van der Waals surface area contributed by atoms with Crippen molar-refractivity contribution in [1.29, 1.82) is 0 Å². The van der Waals surface area contributed by atoms with Gasteiger partial charge in [-0.05, 0) is 47.2 Å². The van der Waals surface area contributed by atoms with Crippen LogP contribution in [0.2, 0.25) is 0 Å². The second-order valence-corrected chi connectivity index (χ2v) is 6.97. The van der Waals surface area contributed by atoms with Crippen LogP contribution in [0.5, 0.6) is 5.75 Å². The second kappa shape index (κ2) is 9.21. The third-order valence-corrected chi connectivity index (χ3v) is 4.30. The molecule has 0 spiro atoms. The molecule has 0 heterocycles. The van der Waals surface area contributed by atoms with Gasteiger partial charge >= 0.3 is 5.97 Å². The van der Waals surface area contributed by atoms with Gasteiger partial charge in [0.25, 0.3) is 5.91 Å². The van der Waals surface area contributed by atoms with Gasteiger partial charge in [0.1, 0.15) is 5.75 Å². The Kier molecular flexibility index (Phi) is 6.99. The third kappa shape index (κ3) is 5.33. The molecule has 0 aliphatic rings. The van der Waals surface area contributed by atoms with E-state index in [0.29, 0.717) is 11.3 Å². The van der Waals surface area contributed by atoms with E-state index in [-0.39, 0.29) is 24.3 Å². The lowest BCUT2D eigenvalue weighted by Gasteiger charge is -2.20. The maximum Gasteiger partial charge on any atom is 0.338 e. The maximum absolute atomic E-state index is 12.4. The molecule has 0 aliphatic carbocycles. The van der Waals surface area contributed by atoms with Crippen LogP contribution >= 0.6 is 0 Å². The Morgan fingerprint density at radius 1 is 0.926 bits per heavy atom. The largest absolute Gasteiger partial charge is 0.497 e. The first-order valence-electron chi connectivity index (χ1n) is 9.07. The molecule has 2 aromatic rings. The van der Waals surface area contributed by atoms with Crippen molar-refractivity contribution in [3.63, 3.8) is 0 Å². The molecule has 144 valence electrons. The molecule has 27 heavy (non-hydrogen) atoms. The highest BCUT2D eigenvalue weighted by atomic mass is 16.5. The fourth-order valence-corrected chi connectivity index (χ4v) is 2.81. The Morgan fingerprint density at radius 3 is 1.96 bits per heavy atom. The van der Waals surface area contributed by atoms with Crippen LogP contribution in [0.1, 0.15) is 61.0 Å². The molecule has 5 nitrogen and oxygen atoms in total. The van der Waals surface area contributed by atoms with E-state index in [1.54, 1.807) is 31.4 Å². The Balaban J connectivity index is 2.06. The molecule has 0 atom stereocenters. The Morgan fingerprint density at radius 2 is 1.48 bits per heavy atom. The number of amides is 1. The fraction of sp³-hybridized carbons (Fsp3) is 0.364. The number of carbonyl (C=O) groups is 2. The van der Waals surface area contributed by atoms with Crippen LogP contribution in [-0.4, -0.2) is 25.6 Å². The zero-order valence-electron chi connectivity index (χ0n) is 16.5. The molecule has 2 aromatic carbocycles. The molecule has 0 radical (unpaired) electrons. The fourth-order valence-electron chi connectivity index (χ4n) is 2.81. The van der Waals surface area contributed by atoms with Gasteiger partial charge in [-0.15, -0.1) is 0 Å². The number of ether oxygens (including phenoxy) is 2. The highest BCUT2D eigenvalue weighted by Gasteiger charge is 2.17. The van der Waals surface area contributed by atoms with Gasteiger partial charge in [0, 0.05) is 5.69 Å². The number of hydrogen-bond donors (Lipinski definition) is 1. The van der Waals surface area contributed by atoms with Gasteiger partial charge in [0.05, 0.1) is 12.7 Å². The summed E-state index contributed by atoms with van der Waals surface area (Å²) < 4.78 is 10.2. The van der Waals surface area contributed by atoms with Gasteiger partial charge in [-0.1, -0.05) is 45.9 Å². The van der Waals surface area contributed by atoms with E-state index >= 15 is 0 Å². The van der Waals surface area contributed by atoms with Gasteiger partial charge in [-0.3, -0.25) is 4.79 Å². The van der Waals surface area contributed by atoms with Crippen LogP contribution in [0.25, 0.3) is 0 Å². The first-order chi connectivity index (χ1) is 12.8. The zero-order chi connectivity index (χ0) is 20.0. The lowest BCUT2D eigenvalue weighted by molar-refractivity contribution is -0.119. The molecule has 0 saturated carbocycles. The molecule has 5 heteroatoms. The number of anilines is 1. The molecule has 0 aromatic heterocycles. The third-order valence-electron chi connectivity index (χ3n) is 4.30. The molecule has 1 N–H and O–H groups in total. The summed E-state index contributed by atoms with van der Waals surface area (Å²) in [6.07, 6.45) is 0. The van der Waals surface area contributed by atoms with Crippen molar-refractivity contribution < 1.29 is 19.1 Å². The van der Waals surface area contributed by atoms with E-state index in [9.17, 15) is 9.59 Å². The first-order valence-corrected chi connectivity index (χ1v) is 9.07. The number of hydrogen-bond acceptors (Lipinski definition) is 4. The van der Waals surface area contributed by atoms with Crippen molar-refractivity contribution in [2.75, 3.05) is 19.0 Å². The number of nitrogens with one attached hydrogen (secondary N) is 1. The van der Waals surface area contributed by atoms with Crippen molar-refractivity contribution in [1.82, 2.24) is 0 Å². The van der Waals surface area contributed by atoms with Gasteiger partial charge in [0.2, 0.25) is 0 Å². The smallest absolute Gasteiger partial charge is 0.338 e. The van der Waals surface area contributed by atoms with E-state index in [2.05, 4.69) is 33.0 Å². The second-order valence-electron chi connectivity index (χ2n) is 6.97. The summed E-state index contributed by atoms with van der Waals surface area (Å²) in [5.41, 5.74) is 3.31. The average molecular weight is 369 g/mol. The molecule has 0 aliphatic heterocycles. The van der Waals surface area contributed by atoms with E-state index in [4.69, 9.17) is 9.47 Å². The zero-order valence-corrected chi connectivity index (χ0v) is 16.5. The number of rotatable bonds is 7. The van der Waals surface area contributed by atoms with Crippen LogP contribution in [-0.2, 0) is 9.53 Å². The molecular weight excluding hydrogens is 342 g/mol. The van der Waals surface area contributed by atoms with Crippen molar-refractivity contribution >= 4 is 17.6 Å². The number of methoxy groups -OCH3 is 1. The lowest BCUT2D eigenvalue weighted by Crippen LogP contribution is -2.22. The minimum Gasteiger partial charge on any atom is -0.497 e. The SMILES string of the molecule is COc1ccc(C(=O)OCC(=O)Nc2c(C(C)C)cccc2C(C)C)cc1. The maximum atomic E-state index is 12.4. The molecular formula is C22H27NO4. The summed E-state index contributed by atoms with van der Waals surface area (Å²) in [6.45, 7) is 7.99. The Labute approximate surface area is 160 Å². The minimum atomic E-state index is -0.547. The summed E-state index contributed by atoms with van der Waals surface area (Å²) in [5, 5.41) is 2.93. The van der Waals surface area contributed by atoms with Crippen LogP contribution in [0, 0.1) is 0 Å². The normalized spacial score (nSPS) is 10.8. The predicted molar refractivity (Wildman–Crippen MR) is 107 cm³/mol. The molecule has 0 bridgehead atoms. The summed E-state index contributed by atoms with van der Waals surface area (Å²) in [4.78, 5) is 24.5. The van der Waals surface area contributed by atoms with Crippen molar-refractivity contribution in [2.45, 2.75) is 39.5 Å². The average Bonchev–Trinajstić information content (AvgIpc) is 2.65. The highest BCUT2D eigenvalue weighted by Crippen LogP contribution is 2.32. The summed E-state index contributed by atoms with van der Waals surface area (Å²) in [5.74, 6) is 0.276. The summed E-state index contributed by atoms with van der Waals surface area (Å²) in [6, 6.07) is 12.6. The Hall–Kier alpha value is -2.82. The lowest BCUT2D eigenvalue weighted by atomic mass is 9.92. The monoisotopic (exact) mass is 369 g/mol. The topological polar surface area (TPSA) is 64.6 Å². The van der Waals surface area contributed by atoms with Gasteiger partial charge in [0.15, 0.2) is 6.61 Å². The Bertz CT molecular complexity index is 768. The van der Waals surface area contributed by atoms with Gasteiger partial charge in [-0.25, -0.2) is 4.79 Å². The summed E-state index contributed by atoms with van der Waals surface area (Å²) in [7, 11) is 1.55. The molecule has 0 fully saturated rings. The molecule has 1 amide bonds. The van der Waals surface area contributed by atoms with Crippen molar-refractivity contribution in [2.24, 2.45) is 0 Å². The van der Waals surface area contributed by atoms with Crippen molar-refractivity contribution in [3.8, 4) is 5.75 Å². The number of para-hydroxylation sites is 1. The van der Waals surface area contributed by atoms with Crippen LogP contribution < -0.4 is 10.1 Å². The molecule has 0 saturated heterocycles. The van der Waals surface area contributed by atoms with Gasteiger partial charge < -0.3 is 14.8 Å².